The number of nitrogen functional groups attached to an aromatic ring is 1. The molecule has 0 unspecified atom stereocenters. The van der Waals surface area contributed by atoms with Crippen molar-refractivity contribution < 1.29 is 0 Å². The summed E-state index contributed by atoms with van der Waals surface area (Å²) in [7, 11) is 1.67. The largest absolute Gasteiger partial charge is 0.384 e. The first-order chi connectivity index (χ1) is 4.13. The van der Waals surface area contributed by atoms with Gasteiger partial charge in [-0.1, -0.05) is 0 Å². The Balaban J connectivity index is 0.000000810. The Morgan fingerprint density at radius 3 is 2.20 bits per heavy atom. The van der Waals surface area contributed by atoms with Crippen LogP contribution in [0.2, 0.25) is 0 Å². The van der Waals surface area contributed by atoms with E-state index in [-0.39, 0.29) is 18.1 Å². The van der Waals surface area contributed by atoms with Crippen LogP contribution >= 0.6 is 12.4 Å². The first-order valence-electron chi connectivity index (χ1n) is 2.64. The molecular weight excluding hydrogens is 154 g/mol. The van der Waals surface area contributed by atoms with Gasteiger partial charge in [-0.2, -0.15) is 0 Å². The predicted octanol–water partition coefficient (Wildman–Crippen LogP) is 0.0258. The second-order valence-corrected chi connectivity index (χ2v) is 1.99. The number of aromatic nitrogens is 2. The topological polar surface area (TPSA) is 63.8 Å². The summed E-state index contributed by atoms with van der Waals surface area (Å²) in [4.78, 5) is 13.1. The van der Waals surface area contributed by atoms with E-state index in [1.807, 2.05) is 0 Å². The van der Waals surface area contributed by atoms with Crippen molar-refractivity contribution in [2.75, 3.05) is 5.73 Å². The number of halogens is 1. The molecule has 0 fully saturated rings. The first-order valence-corrected chi connectivity index (χ1v) is 2.64. The van der Waals surface area contributed by atoms with Crippen molar-refractivity contribution in [3.05, 3.63) is 16.2 Å². The van der Waals surface area contributed by atoms with Crippen LogP contribution in [0.5, 0.6) is 0 Å². The zero-order valence-electron chi connectivity index (χ0n) is 5.84. The summed E-state index contributed by atoms with van der Waals surface area (Å²) in [5.41, 5.74) is 5.98. The minimum absolute atomic E-state index is 0. The lowest BCUT2D eigenvalue weighted by Gasteiger charge is -1.90. The standard InChI is InChI=1S/C5H9N3O.ClH/c1-3-4(6)7-5(9)8(3)2;/h6H2,1-2H3,(H,7,9);1H. The summed E-state index contributed by atoms with van der Waals surface area (Å²) in [5.74, 6) is 0.447. The lowest BCUT2D eigenvalue weighted by atomic mass is 10.5. The summed E-state index contributed by atoms with van der Waals surface area (Å²) in [6.45, 7) is 1.78. The molecule has 0 spiro atoms. The highest BCUT2D eigenvalue weighted by Gasteiger charge is 2.00. The van der Waals surface area contributed by atoms with E-state index in [2.05, 4.69) is 4.98 Å². The molecular formula is C5H10ClN3O. The third kappa shape index (κ3) is 1.16. The molecule has 0 aliphatic heterocycles. The van der Waals surface area contributed by atoms with Crippen LogP contribution in [0.15, 0.2) is 4.79 Å². The van der Waals surface area contributed by atoms with Crippen molar-refractivity contribution in [1.29, 1.82) is 0 Å². The molecule has 1 aromatic heterocycles. The molecule has 1 aromatic rings. The molecule has 1 heterocycles. The number of nitrogens with two attached hydrogens (primary N) is 1. The van der Waals surface area contributed by atoms with Crippen LogP contribution in [-0.4, -0.2) is 9.55 Å². The Morgan fingerprint density at radius 2 is 2.10 bits per heavy atom. The van der Waals surface area contributed by atoms with Gasteiger partial charge in [0, 0.05) is 7.05 Å². The summed E-state index contributed by atoms with van der Waals surface area (Å²) < 4.78 is 1.47. The predicted molar refractivity (Wildman–Crippen MR) is 42.4 cm³/mol. The number of aromatic amines is 1. The Bertz CT molecular complexity index is 275. The second kappa shape index (κ2) is 2.79. The third-order valence-corrected chi connectivity index (χ3v) is 1.44. The van der Waals surface area contributed by atoms with E-state index in [1.54, 1.807) is 14.0 Å². The van der Waals surface area contributed by atoms with E-state index >= 15 is 0 Å². The van der Waals surface area contributed by atoms with Gasteiger partial charge in [-0.3, -0.25) is 9.55 Å². The lowest BCUT2D eigenvalue weighted by molar-refractivity contribution is 0.830. The van der Waals surface area contributed by atoms with Crippen LogP contribution in [-0.2, 0) is 7.05 Å². The highest BCUT2D eigenvalue weighted by Crippen LogP contribution is 1.99. The average molecular weight is 164 g/mol. The van der Waals surface area contributed by atoms with E-state index in [4.69, 9.17) is 5.73 Å². The maximum absolute atomic E-state index is 10.7. The molecule has 5 heteroatoms. The van der Waals surface area contributed by atoms with Crippen molar-refractivity contribution in [3.63, 3.8) is 0 Å². The van der Waals surface area contributed by atoms with Crippen LogP contribution in [0.25, 0.3) is 0 Å². The minimum Gasteiger partial charge on any atom is -0.384 e. The highest BCUT2D eigenvalue weighted by atomic mass is 35.5. The Morgan fingerprint density at radius 1 is 1.60 bits per heavy atom. The van der Waals surface area contributed by atoms with Gasteiger partial charge in [-0.05, 0) is 6.92 Å². The van der Waals surface area contributed by atoms with E-state index in [0.717, 1.165) is 5.69 Å². The van der Waals surface area contributed by atoms with Gasteiger partial charge in [-0.25, -0.2) is 4.79 Å². The van der Waals surface area contributed by atoms with Crippen molar-refractivity contribution in [1.82, 2.24) is 9.55 Å². The smallest absolute Gasteiger partial charge is 0.327 e. The number of anilines is 1. The number of rotatable bonds is 0. The van der Waals surface area contributed by atoms with E-state index in [9.17, 15) is 4.79 Å². The summed E-state index contributed by atoms with van der Waals surface area (Å²) >= 11 is 0. The number of imidazole rings is 1. The second-order valence-electron chi connectivity index (χ2n) is 1.99. The first kappa shape index (κ1) is 9.10. The van der Waals surface area contributed by atoms with Crippen LogP contribution in [0.1, 0.15) is 5.69 Å². The maximum atomic E-state index is 10.7. The van der Waals surface area contributed by atoms with Gasteiger partial charge in [0.1, 0.15) is 5.82 Å². The van der Waals surface area contributed by atoms with Gasteiger partial charge >= 0.3 is 5.69 Å². The SMILES string of the molecule is Cc1c(N)[nH]c(=O)n1C.Cl. The molecule has 0 saturated heterocycles. The molecule has 0 aromatic carbocycles. The number of nitrogens with zero attached hydrogens (tertiary/aromatic N) is 1. The molecule has 58 valence electrons. The zero-order valence-corrected chi connectivity index (χ0v) is 6.66. The molecule has 0 saturated carbocycles. The van der Waals surface area contributed by atoms with Gasteiger partial charge in [0.15, 0.2) is 0 Å². The van der Waals surface area contributed by atoms with Crippen molar-refractivity contribution in [2.24, 2.45) is 7.05 Å². The molecule has 0 atom stereocenters. The summed E-state index contributed by atoms with van der Waals surface area (Å²) in [6.07, 6.45) is 0. The fourth-order valence-corrected chi connectivity index (χ4v) is 0.623. The fourth-order valence-electron chi connectivity index (χ4n) is 0.623. The van der Waals surface area contributed by atoms with Crippen molar-refractivity contribution in [3.8, 4) is 0 Å². The monoisotopic (exact) mass is 163 g/mol. The molecule has 3 N–H and O–H groups in total. The van der Waals surface area contributed by atoms with Gasteiger partial charge in [0.05, 0.1) is 5.69 Å². The van der Waals surface area contributed by atoms with E-state index in [0.29, 0.717) is 5.82 Å². The van der Waals surface area contributed by atoms with E-state index in [1.165, 1.54) is 4.57 Å². The summed E-state index contributed by atoms with van der Waals surface area (Å²) in [6, 6.07) is 0. The van der Waals surface area contributed by atoms with Crippen molar-refractivity contribution in [2.45, 2.75) is 6.92 Å². The number of H-pyrrole nitrogens is 1. The van der Waals surface area contributed by atoms with E-state index < -0.39 is 0 Å². The lowest BCUT2D eigenvalue weighted by Crippen LogP contribution is -2.12. The molecule has 10 heavy (non-hydrogen) atoms. The highest BCUT2D eigenvalue weighted by molar-refractivity contribution is 5.85. The van der Waals surface area contributed by atoms with Gasteiger partial charge in [-0.15, -0.1) is 12.4 Å². The minimum atomic E-state index is -0.162. The number of nitrogens with one attached hydrogen (secondary N) is 1. The molecule has 4 nitrogen and oxygen atoms in total. The van der Waals surface area contributed by atoms with Crippen LogP contribution in [0.4, 0.5) is 5.82 Å². The fraction of sp³-hybridized carbons (Fsp3) is 0.400. The molecule has 0 bridgehead atoms. The van der Waals surface area contributed by atoms with Crippen LogP contribution in [0, 0.1) is 6.92 Å². The molecule has 0 aliphatic rings. The molecule has 0 aliphatic carbocycles. The van der Waals surface area contributed by atoms with Crippen LogP contribution < -0.4 is 11.4 Å². The quantitative estimate of drug-likeness (QED) is 0.567. The molecule has 0 amide bonds. The normalized spacial score (nSPS) is 9.00. The van der Waals surface area contributed by atoms with Gasteiger partial charge in [0.2, 0.25) is 0 Å². The third-order valence-electron chi connectivity index (χ3n) is 1.44. The van der Waals surface area contributed by atoms with Crippen molar-refractivity contribution >= 4 is 18.2 Å². The number of hydrogen-bond donors (Lipinski definition) is 2. The molecule has 1 rings (SSSR count). The Hall–Kier alpha value is -0.900. The summed E-state index contributed by atoms with van der Waals surface area (Å²) in [5, 5.41) is 0. The zero-order chi connectivity index (χ0) is 7.02. The van der Waals surface area contributed by atoms with Gasteiger partial charge in [0.25, 0.3) is 0 Å². The molecule has 0 radical (unpaired) electrons. The number of hydrogen-bond acceptors (Lipinski definition) is 2. The van der Waals surface area contributed by atoms with Gasteiger partial charge < -0.3 is 5.73 Å². The Labute approximate surface area is 64.5 Å². The van der Waals surface area contributed by atoms with Crippen LogP contribution in [0.3, 0.4) is 0 Å². The average Bonchev–Trinajstić information content (AvgIpc) is 1.98. The maximum Gasteiger partial charge on any atom is 0.327 e. The Kier molecular flexibility index (Phi) is 2.54.